The van der Waals surface area contributed by atoms with Crippen molar-refractivity contribution in [2.45, 2.75) is 19.6 Å². The number of hydrogen-bond acceptors (Lipinski definition) is 8. The number of hydrogen-bond donors (Lipinski definition) is 2. The zero-order valence-electron chi connectivity index (χ0n) is 15.7. The number of rotatable bonds is 0. The second-order valence-electron chi connectivity index (χ2n) is 6.70. The molecule has 2 bridgehead atoms. The van der Waals surface area contributed by atoms with Crippen LogP contribution in [-0.4, -0.2) is 27.2 Å². The molecule has 29 heavy (non-hydrogen) atoms. The maximum Gasteiger partial charge on any atom is 0.170 e. The van der Waals surface area contributed by atoms with Crippen LogP contribution < -0.4 is 15.6 Å². The van der Waals surface area contributed by atoms with Crippen molar-refractivity contribution in [2.75, 3.05) is 18.0 Å². The first-order chi connectivity index (χ1) is 13.9. The first-order valence-electron chi connectivity index (χ1n) is 8.76. The monoisotopic (exact) mass is 394 g/mol. The van der Waals surface area contributed by atoms with Crippen molar-refractivity contribution in [3.63, 3.8) is 0 Å². The molecule has 148 valence electrons. The highest BCUT2D eigenvalue weighted by Gasteiger charge is 2.23. The molecule has 3 aromatic rings. The topological polar surface area (TPSA) is 130 Å². The molecule has 1 aliphatic heterocycles. The van der Waals surface area contributed by atoms with Crippen molar-refractivity contribution >= 4 is 11.5 Å². The number of hydrazine groups is 1. The van der Waals surface area contributed by atoms with Crippen LogP contribution in [0.1, 0.15) is 30.0 Å². The third kappa shape index (κ3) is 3.22. The van der Waals surface area contributed by atoms with Crippen molar-refractivity contribution in [1.82, 2.24) is 20.2 Å². The number of benzene rings is 1. The molecule has 3 heterocycles. The summed E-state index contributed by atoms with van der Waals surface area (Å²) in [5.74, 6) is -0.0976. The fourth-order valence-corrected chi connectivity index (χ4v) is 3.33. The van der Waals surface area contributed by atoms with Crippen LogP contribution in [0.3, 0.4) is 0 Å². The number of fused-ring (bicyclic) bond motifs is 5. The van der Waals surface area contributed by atoms with Crippen LogP contribution in [0, 0.1) is 22.4 Å². The van der Waals surface area contributed by atoms with Gasteiger partial charge in [0.25, 0.3) is 0 Å². The molecule has 10 heteroatoms. The summed E-state index contributed by atoms with van der Waals surface area (Å²) < 4.78 is 19.9. The van der Waals surface area contributed by atoms with E-state index >= 15 is 0 Å². The molecule has 0 unspecified atom stereocenters. The summed E-state index contributed by atoms with van der Waals surface area (Å²) in [4.78, 5) is 4.17. The molecule has 0 aliphatic carbocycles. The minimum atomic E-state index is -0.691. The third-order valence-electron chi connectivity index (χ3n) is 4.75. The summed E-state index contributed by atoms with van der Waals surface area (Å²) in [7, 11) is 1.58. The summed E-state index contributed by atoms with van der Waals surface area (Å²) in [6.45, 7) is 1.81. The number of nitrogens with one attached hydrogen (secondary N) is 1. The lowest BCUT2D eigenvalue weighted by Gasteiger charge is -2.41. The van der Waals surface area contributed by atoms with Gasteiger partial charge < -0.3 is 20.9 Å². The Balaban J connectivity index is 1.94. The van der Waals surface area contributed by atoms with E-state index in [0.717, 1.165) is 0 Å². The maximum absolute atomic E-state index is 13.9. The van der Waals surface area contributed by atoms with E-state index in [1.54, 1.807) is 20.0 Å². The van der Waals surface area contributed by atoms with Gasteiger partial charge in [-0.1, -0.05) is 0 Å². The van der Waals surface area contributed by atoms with Crippen molar-refractivity contribution in [2.24, 2.45) is 0 Å². The van der Waals surface area contributed by atoms with Crippen molar-refractivity contribution in [3.8, 4) is 22.9 Å². The maximum atomic E-state index is 13.9. The van der Waals surface area contributed by atoms with Gasteiger partial charge in [-0.15, -0.1) is 0 Å². The number of nitriles is 1. The second-order valence-corrected chi connectivity index (χ2v) is 6.70. The van der Waals surface area contributed by atoms with Gasteiger partial charge in [0.2, 0.25) is 0 Å². The normalized spacial score (nSPS) is 16.7. The molecule has 0 spiro atoms. The van der Waals surface area contributed by atoms with E-state index in [9.17, 15) is 14.9 Å². The molecular weight excluding hydrogens is 377 g/mol. The quantitative estimate of drug-likeness (QED) is 0.595. The largest absolute Gasteiger partial charge is 0.743 e. The van der Waals surface area contributed by atoms with Crippen LogP contribution in [-0.2, 0) is 6.54 Å². The molecule has 0 amide bonds. The molecule has 0 saturated carbocycles. The van der Waals surface area contributed by atoms with Gasteiger partial charge in [-0.25, -0.2) is 14.4 Å². The van der Waals surface area contributed by atoms with Gasteiger partial charge in [-0.3, -0.25) is 5.10 Å². The van der Waals surface area contributed by atoms with E-state index < -0.39 is 11.9 Å². The Kier molecular flexibility index (Phi) is 4.54. The van der Waals surface area contributed by atoms with Gasteiger partial charge in [-0.2, -0.15) is 10.4 Å². The van der Waals surface area contributed by atoms with Gasteiger partial charge in [0, 0.05) is 35.6 Å². The van der Waals surface area contributed by atoms with E-state index in [1.807, 2.05) is 6.07 Å². The van der Waals surface area contributed by atoms with E-state index in [4.69, 9.17) is 10.5 Å². The lowest BCUT2D eigenvalue weighted by Crippen LogP contribution is -2.36. The fourth-order valence-electron chi connectivity index (χ4n) is 3.33. The predicted octanol–water partition coefficient (Wildman–Crippen LogP) is 2.87. The predicted molar refractivity (Wildman–Crippen MR) is 104 cm³/mol. The van der Waals surface area contributed by atoms with Crippen molar-refractivity contribution < 1.29 is 9.13 Å². The molecule has 0 radical (unpaired) electrons. The van der Waals surface area contributed by atoms with Crippen molar-refractivity contribution in [3.05, 3.63) is 58.4 Å². The summed E-state index contributed by atoms with van der Waals surface area (Å²) >= 11 is 0. The third-order valence-corrected chi connectivity index (χ3v) is 4.75. The van der Waals surface area contributed by atoms with Crippen LogP contribution in [0.4, 0.5) is 15.9 Å². The molecule has 0 saturated heterocycles. The molecular formula is C19H17FN7O2-. The number of ether oxygens (including phenoxy) is 1. The number of nitrogen functional groups attached to an aromatic ring is 1. The molecule has 1 aromatic carbocycles. The Bertz CT molecular complexity index is 1120. The van der Waals surface area contributed by atoms with Crippen LogP contribution in [0.5, 0.6) is 5.75 Å². The molecule has 3 N–H and O–H groups in total. The van der Waals surface area contributed by atoms with Gasteiger partial charge >= 0.3 is 0 Å². The lowest BCUT2D eigenvalue weighted by atomic mass is 10.0. The number of anilines is 2. The lowest BCUT2D eigenvalue weighted by molar-refractivity contribution is 0.225. The number of nitrogens with zero attached hydrogens (tertiary/aromatic N) is 5. The Labute approximate surface area is 165 Å². The number of halogens is 1. The first kappa shape index (κ1) is 18.7. The fraction of sp³-hybridized carbons (Fsp3) is 0.211. The summed E-state index contributed by atoms with van der Waals surface area (Å²) in [5.41, 5.74) is 8.33. The smallest absolute Gasteiger partial charge is 0.170 e. The highest BCUT2D eigenvalue weighted by molar-refractivity contribution is 5.73. The zero-order valence-corrected chi connectivity index (χ0v) is 15.7. The Hall–Kier alpha value is -3.68. The van der Waals surface area contributed by atoms with Gasteiger partial charge in [0.15, 0.2) is 17.3 Å². The SMILES string of the molecule is C[C@H]1Oc2cc(cnc2N)-c2c(C#N)n[nH]c2CN(C)N([O-])c2ccc(F)cc21. The summed E-state index contributed by atoms with van der Waals surface area (Å²) in [5, 5.41) is 31.3. The van der Waals surface area contributed by atoms with Crippen LogP contribution in [0.2, 0.25) is 0 Å². The summed E-state index contributed by atoms with van der Waals surface area (Å²) in [6, 6.07) is 7.55. The first-order valence-corrected chi connectivity index (χ1v) is 8.76. The molecule has 2 aromatic heterocycles. The number of nitrogens with two attached hydrogens (primary N) is 1. The number of aromatic amines is 1. The zero-order chi connectivity index (χ0) is 20.7. The van der Waals surface area contributed by atoms with Crippen LogP contribution in [0.25, 0.3) is 11.1 Å². The molecule has 1 atom stereocenters. The van der Waals surface area contributed by atoms with Gasteiger partial charge in [0.1, 0.15) is 18.0 Å². The van der Waals surface area contributed by atoms with Gasteiger partial charge in [-0.05, 0) is 31.2 Å². The minimum Gasteiger partial charge on any atom is -0.743 e. The average molecular weight is 394 g/mol. The Morgan fingerprint density at radius 1 is 1.41 bits per heavy atom. The van der Waals surface area contributed by atoms with Gasteiger partial charge in [0.05, 0.1) is 12.2 Å². The Morgan fingerprint density at radius 3 is 2.97 bits per heavy atom. The van der Waals surface area contributed by atoms with Crippen molar-refractivity contribution in [1.29, 1.82) is 5.26 Å². The molecule has 1 aliphatic rings. The van der Waals surface area contributed by atoms with Crippen LogP contribution >= 0.6 is 0 Å². The highest BCUT2D eigenvalue weighted by atomic mass is 19.1. The average Bonchev–Trinajstić information content (AvgIpc) is 3.10. The van der Waals surface area contributed by atoms with E-state index in [1.165, 1.54) is 29.4 Å². The standard InChI is InChI=1S/C19H17FN7O2/c1-10-13-6-12(20)3-4-16(13)27(28)26(2)9-15-18(14(7-21)24-25-15)11-5-17(29-10)19(22)23-8-11/h3-6,8,10H,9H2,1-2H3,(H2,22,23)(H,24,25)/q-1/t10-/m1/s1. The number of H-pyrrole nitrogens is 1. The number of aromatic nitrogens is 3. The highest BCUT2D eigenvalue weighted by Crippen LogP contribution is 2.37. The minimum absolute atomic E-state index is 0.124. The van der Waals surface area contributed by atoms with E-state index in [2.05, 4.69) is 15.2 Å². The van der Waals surface area contributed by atoms with E-state index in [0.29, 0.717) is 27.6 Å². The summed E-state index contributed by atoms with van der Waals surface area (Å²) in [6.07, 6.45) is 0.819. The molecule has 9 nitrogen and oxygen atoms in total. The Morgan fingerprint density at radius 2 is 2.21 bits per heavy atom. The number of pyridine rings is 1. The molecule has 0 fully saturated rings. The molecule has 4 rings (SSSR count). The second kappa shape index (κ2) is 7.05. The van der Waals surface area contributed by atoms with E-state index in [-0.39, 0.29) is 29.5 Å². The van der Waals surface area contributed by atoms with Crippen LogP contribution in [0.15, 0.2) is 30.5 Å².